The number of esters is 2. The number of methoxy groups -OCH3 is 2. The molecule has 1 unspecified atom stereocenters. The predicted molar refractivity (Wildman–Crippen MR) is 202 cm³/mol. The summed E-state index contributed by atoms with van der Waals surface area (Å²) in [4.78, 5) is 44.2. The van der Waals surface area contributed by atoms with Gasteiger partial charge in [-0.3, -0.25) is 14.4 Å². The summed E-state index contributed by atoms with van der Waals surface area (Å²) in [5, 5.41) is 23.1. The van der Waals surface area contributed by atoms with Crippen LogP contribution in [0, 0.1) is 35.4 Å². The van der Waals surface area contributed by atoms with Gasteiger partial charge in [0.2, 0.25) is 0 Å². The minimum absolute atomic E-state index is 0.0492. The van der Waals surface area contributed by atoms with Crippen LogP contribution in [0.15, 0.2) is 24.3 Å². The molecule has 0 spiro atoms. The topological polar surface area (TPSA) is 150 Å². The van der Waals surface area contributed by atoms with Gasteiger partial charge in [0.1, 0.15) is 35.5 Å². The van der Waals surface area contributed by atoms with Gasteiger partial charge in [-0.1, -0.05) is 45.9 Å². The Hall–Kier alpha value is -2.52. The van der Waals surface area contributed by atoms with E-state index < -0.39 is 95.9 Å². The van der Waals surface area contributed by atoms with Gasteiger partial charge in [-0.2, -0.15) is 0 Å². The number of Topliss-reactive ketones (excluding diaryl/α,β-unsaturated/α-hetero) is 1. The van der Waals surface area contributed by atoms with Crippen LogP contribution in [-0.2, 0) is 49.2 Å². The van der Waals surface area contributed by atoms with E-state index in [0.29, 0.717) is 12.3 Å². The summed E-state index contributed by atoms with van der Waals surface area (Å²) < 4.78 is 52.7. The summed E-state index contributed by atoms with van der Waals surface area (Å²) in [5.41, 5.74) is -3.16. The first kappa shape index (κ1) is 45.2. The van der Waals surface area contributed by atoms with Crippen molar-refractivity contribution in [2.45, 2.75) is 154 Å². The lowest BCUT2D eigenvalue weighted by molar-refractivity contribution is -0.306. The molecule has 1 aromatic carbocycles. The number of ether oxygens (including phenoxy) is 6. The number of hydrogen-bond donors (Lipinski definition) is 2. The van der Waals surface area contributed by atoms with Crippen molar-refractivity contribution in [3.63, 3.8) is 0 Å². The number of aliphatic hydroxyl groups is 2. The average Bonchev–Trinajstić information content (AvgIpc) is 3.97. The molecule has 1 aliphatic carbocycles. The molecule has 13 heteroatoms. The average molecular weight is 780 g/mol. The van der Waals surface area contributed by atoms with E-state index in [9.17, 15) is 29.0 Å². The summed E-state index contributed by atoms with van der Waals surface area (Å²) >= 11 is 0. The molecule has 0 amide bonds. The maximum atomic E-state index is 14.7. The van der Waals surface area contributed by atoms with Gasteiger partial charge in [-0.15, -0.1) is 0 Å². The third-order valence-corrected chi connectivity index (χ3v) is 12.4. The zero-order valence-corrected chi connectivity index (χ0v) is 34.7. The molecule has 0 aromatic heterocycles. The van der Waals surface area contributed by atoms with Crippen molar-refractivity contribution in [3.8, 4) is 0 Å². The first-order valence-electron chi connectivity index (χ1n) is 20.0. The molecule has 0 radical (unpaired) electrons. The minimum atomic E-state index is -2.00. The number of carbonyl (C=O) groups excluding carboxylic acids is 3. The Morgan fingerprint density at radius 1 is 1.04 bits per heavy atom. The summed E-state index contributed by atoms with van der Waals surface area (Å²) in [6.45, 7) is 14.3. The van der Waals surface area contributed by atoms with E-state index in [1.165, 1.54) is 45.1 Å². The lowest BCUT2D eigenvalue weighted by atomic mass is 9.74. The van der Waals surface area contributed by atoms with E-state index in [2.05, 4.69) is 11.9 Å². The highest BCUT2D eigenvalue weighted by Gasteiger charge is 2.53. The van der Waals surface area contributed by atoms with Crippen LogP contribution in [0.2, 0.25) is 0 Å². The molecule has 1 aromatic rings. The van der Waals surface area contributed by atoms with Gasteiger partial charge in [0, 0.05) is 44.6 Å². The molecule has 3 aliphatic rings. The van der Waals surface area contributed by atoms with E-state index in [1.54, 1.807) is 54.7 Å². The fourth-order valence-electron chi connectivity index (χ4n) is 8.79. The van der Waals surface area contributed by atoms with Gasteiger partial charge >= 0.3 is 11.9 Å². The second-order valence-corrected chi connectivity index (χ2v) is 16.9. The fourth-order valence-corrected chi connectivity index (χ4v) is 8.79. The number of hydrogen-bond acceptors (Lipinski definition) is 12. The fraction of sp³-hybridized carbons (Fsp3) is 0.786. The molecule has 3 fully saturated rings. The van der Waals surface area contributed by atoms with Crippen LogP contribution in [0.1, 0.15) is 93.1 Å². The van der Waals surface area contributed by atoms with Crippen molar-refractivity contribution in [2.75, 3.05) is 27.8 Å². The number of rotatable bonds is 11. The molecule has 2 N–H and O–H groups in total. The smallest absolute Gasteiger partial charge is 0.312 e. The third kappa shape index (κ3) is 10.5. The van der Waals surface area contributed by atoms with Crippen molar-refractivity contribution in [3.05, 3.63) is 35.6 Å². The highest BCUT2D eigenvalue weighted by Crippen LogP contribution is 2.41. The summed E-state index contributed by atoms with van der Waals surface area (Å²) in [6, 6.07) is 5.83. The molecule has 1 saturated carbocycles. The van der Waals surface area contributed by atoms with Crippen molar-refractivity contribution in [2.24, 2.45) is 29.6 Å². The quantitative estimate of drug-likeness (QED) is 0.295. The SMILES string of the molecule is CC[C@H]1OC(=O)[C@H](C)[C@@H](OC(=O)Cc2ccccc2F)[C@H](C)[C@@H](OC2O[C@@H](C)C[C@@H](N(C)CC3CC3)[C@@H]2OC)[C@](C)(OC)C[C@@H](C)C(=O)[C@@H](C)[C@@H](O)[C@]1(C)O. The zero-order valence-electron chi connectivity index (χ0n) is 34.7. The number of halogens is 1. The molecule has 2 aliphatic heterocycles. The lowest BCUT2D eigenvalue weighted by Crippen LogP contribution is -2.61. The predicted octanol–water partition coefficient (Wildman–Crippen LogP) is 4.88. The highest BCUT2D eigenvalue weighted by atomic mass is 19.1. The first-order valence-corrected chi connectivity index (χ1v) is 20.0. The number of benzene rings is 1. The van der Waals surface area contributed by atoms with Crippen molar-refractivity contribution in [1.29, 1.82) is 0 Å². The molecule has 4 rings (SSSR count). The molecule has 2 saturated heterocycles. The summed E-state index contributed by atoms with van der Waals surface area (Å²) in [5.74, 6) is -5.59. The highest BCUT2D eigenvalue weighted by molar-refractivity contribution is 5.83. The molecule has 2 heterocycles. The van der Waals surface area contributed by atoms with Crippen LogP contribution < -0.4 is 0 Å². The molecule has 12 nitrogen and oxygen atoms in total. The molecular formula is C42H66FNO11. The van der Waals surface area contributed by atoms with Gasteiger partial charge in [-0.05, 0) is 84.4 Å². The molecular weight excluding hydrogens is 713 g/mol. The normalized spacial score (nSPS) is 39.7. The maximum absolute atomic E-state index is 14.7. The van der Waals surface area contributed by atoms with Gasteiger partial charge in [0.25, 0.3) is 0 Å². The zero-order chi connectivity index (χ0) is 41.0. The lowest BCUT2D eigenvalue weighted by Gasteiger charge is -2.49. The Bertz CT molecular complexity index is 1460. The van der Waals surface area contributed by atoms with Crippen LogP contribution in [-0.4, -0.2) is 121 Å². The monoisotopic (exact) mass is 779 g/mol. The second kappa shape index (κ2) is 18.8. The Kier molecular flexibility index (Phi) is 15.5. The Labute approximate surface area is 326 Å². The van der Waals surface area contributed by atoms with Gasteiger partial charge in [0.05, 0.1) is 36.3 Å². The maximum Gasteiger partial charge on any atom is 0.312 e. The van der Waals surface area contributed by atoms with E-state index in [-0.39, 0.29) is 36.3 Å². The largest absolute Gasteiger partial charge is 0.461 e. The van der Waals surface area contributed by atoms with Crippen molar-refractivity contribution in [1.82, 2.24) is 4.90 Å². The van der Waals surface area contributed by atoms with Crippen LogP contribution in [0.25, 0.3) is 0 Å². The minimum Gasteiger partial charge on any atom is -0.461 e. The van der Waals surface area contributed by atoms with Crippen molar-refractivity contribution >= 4 is 17.7 Å². The molecule has 14 atom stereocenters. The number of cyclic esters (lactones) is 1. The number of likely N-dealkylation sites (N-methyl/N-ethyl adjacent to an activating group) is 1. The summed E-state index contributed by atoms with van der Waals surface area (Å²) in [6.07, 6.45) is -3.82. The summed E-state index contributed by atoms with van der Waals surface area (Å²) in [7, 11) is 5.19. The molecule has 55 heavy (non-hydrogen) atoms. The van der Waals surface area contributed by atoms with Crippen LogP contribution in [0.3, 0.4) is 0 Å². The van der Waals surface area contributed by atoms with Gasteiger partial charge in [0.15, 0.2) is 6.29 Å². The van der Waals surface area contributed by atoms with E-state index in [1.807, 2.05) is 6.92 Å². The first-order chi connectivity index (χ1) is 25.8. The molecule has 312 valence electrons. The van der Waals surface area contributed by atoms with Crippen LogP contribution >= 0.6 is 0 Å². The van der Waals surface area contributed by atoms with Crippen LogP contribution in [0.4, 0.5) is 4.39 Å². The van der Waals surface area contributed by atoms with Gasteiger partial charge in [-0.25, -0.2) is 4.39 Å². The standard InChI is InChI=1S/C42H66FNO11/c1-12-32-42(8,49)37(47)25(4)34(46)23(2)21-41(7,51-11)38(55-40-36(50-10)31(19-24(3)52-40)44(9)22-28-17-18-28)26(5)35(27(6)39(48)53-32)54-33(45)20-29-15-13-14-16-30(29)43/h13-16,23-28,31-32,35-38,40,47,49H,12,17-22H2,1-11H3/t23-,24+,25-,26+,27-,31-,32-,35+,36+,37-,38-,40?,41-,42-/m1/s1. The van der Waals surface area contributed by atoms with Gasteiger partial charge < -0.3 is 43.5 Å². The van der Waals surface area contributed by atoms with E-state index in [0.717, 1.165) is 6.54 Å². The number of carbonyl (C=O) groups is 3. The van der Waals surface area contributed by atoms with E-state index >= 15 is 0 Å². The number of ketones is 1. The van der Waals surface area contributed by atoms with Crippen LogP contribution in [0.5, 0.6) is 0 Å². The Morgan fingerprint density at radius 2 is 1.69 bits per heavy atom. The second-order valence-electron chi connectivity index (χ2n) is 16.9. The Morgan fingerprint density at radius 3 is 2.27 bits per heavy atom. The number of nitrogens with zero attached hydrogens (tertiary/aromatic N) is 1. The number of aliphatic hydroxyl groups excluding tert-OH is 1. The van der Waals surface area contributed by atoms with Crippen molar-refractivity contribution < 1.29 is 57.4 Å². The third-order valence-electron chi connectivity index (χ3n) is 12.4. The van der Waals surface area contributed by atoms with E-state index in [4.69, 9.17) is 28.4 Å². The Balaban J connectivity index is 1.83. The molecule has 0 bridgehead atoms.